The first kappa shape index (κ1) is 16.2. The molecule has 2 unspecified atom stereocenters. The van der Waals surface area contributed by atoms with Crippen molar-refractivity contribution in [2.45, 2.75) is 25.4 Å². The third kappa shape index (κ3) is 4.15. The van der Waals surface area contributed by atoms with Crippen molar-refractivity contribution in [3.8, 4) is 5.75 Å². The third-order valence-corrected chi connectivity index (χ3v) is 4.29. The van der Waals surface area contributed by atoms with Crippen molar-refractivity contribution in [3.63, 3.8) is 0 Å². The van der Waals surface area contributed by atoms with Crippen LogP contribution >= 0.6 is 0 Å². The number of aromatic nitrogens is 1. The lowest BCUT2D eigenvalue weighted by molar-refractivity contribution is 0.100. The van der Waals surface area contributed by atoms with Crippen LogP contribution in [0.3, 0.4) is 0 Å². The maximum Gasteiger partial charge on any atom is 0.141 e. The van der Waals surface area contributed by atoms with Crippen molar-refractivity contribution in [1.29, 1.82) is 0 Å². The van der Waals surface area contributed by atoms with Gasteiger partial charge in [-0.3, -0.25) is 4.98 Å². The number of hydrogen-bond acceptors (Lipinski definition) is 5. The van der Waals surface area contributed by atoms with E-state index in [9.17, 15) is 0 Å². The van der Waals surface area contributed by atoms with E-state index in [0.717, 1.165) is 44.0 Å². The van der Waals surface area contributed by atoms with Crippen molar-refractivity contribution in [1.82, 2.24) is 20.1 Å². The molecular weight excluding hydrogens is 264 g/mol. The Bertz CT molecular complexity index is 440. The number of methoxy groups -OCH3 is 1. The molecule has 0 bridgehead atoms. The van der Waals surface area contributed by atoms with E-state index in [2.05, 4.69) is 41.1 Å². The maximum absolute atomic E-state index is 5.48. The van der Waals surface area contributed by atoms with E-state index in [4.69, 9.17) is 4.74 Å². The molecule has 1 aromatic rings. The Morgan fingerprint density at radius 3 is 2.95 bits per heavy atom. The van der Waals surface area contributed by atoms with Crippen LogP contribution in [0.1, 0.15) is 25.1 Å². The molecule has 1 N–H and O–H groups in total. The summed E-state index contributed by atoms with van der Waals surface area (Å²) in [5, 5.41) is 3.57. The van der Waals surface area contributed by atoms with Crippen LogP contribution in [-0.2, 0) is 0 Å². The molecule has 1 fully saturated rings. The lowest BCUT2D eigenvalue weighted by Gasteiger charge is -2.39. The predicted molar refractivity (Wildman–Crippen MR) is 85.7 cm³/mol. The molecule has 1 aromatic heterocycles. The van der Waals surface area contributed by atoms with Crippen LogP contribution in [0, 0.1) is 0 Å². The van der Waals surface area contributed by atoms with Gasteiger partial charge in [0.1, 0.15) is 5.75 Å². The second kappa shape index (κ2) is 7.73. The van der Waals surface area contributed by atoms with E-state index >= 15 is 0 Å². The quantitative estimate of drug-likeness (QED) is 0.858. The molecule has 1 aliphatic rings. The number of nitrogens with zero attached hydrogens (tertiary/aromatic N) is 3. The minimum absolute atomic E-state index is 0.227. The van der Waals surface area contributed by atoms with E-state index in [1.807, 2.05) is 18.3 Å². The monoisotopic (exact) mass is 292 g/mol. The van der Waals surface area contributed by atoms with Crippen LogP contribution < -0.4 is 10.1 Å². The molecule has 21 heavy (non-hydrogen) atoms. The van der Waals surface area contributed by atoms with Gasteiger partial charge in [-0.05, 0) is 39.2 Å². The molecular formula is C16H28N4O. The fourth-order valence-electron chi connectivity index (χ4n) is 3.00. The number of pyridine rings is 1. The smallest absolute Gasteiger partial charge is 0.141 e. The predicted octanol–water partition coefficient (Wildman–Crippen LogP) is 1.38. The third-order valence-electron chi connectivity index (χ3n) is 4.29. The number of hydrogen-bond donors (Lipinski definition) is 1. The average molecular weight is 292 g/mol. The van der Waals surface area contributed by atoms with Gasteiger partial charge in [0.2, 0.25) is 0 Å². The molecule has 2 atom stereocenters. The van der Waals surface area contributed by atoms with Crippen molar-refractivity contribution < 1.29 is 4.74 Å². The number of rotatable bonds is 6. The van der Waals surface area contributed by atoms with E-state index in [-0.39, 0.29) is 6.04 Å². The van der Waals surface area contributed by atoms with Gasteiger partial charge >= 0.3 is 0 Å². The van der Waals surface area contributed by atoms with Crippen LogP contribution in [0.2, 0.25) is 0 Å². The highest BCUT2D eigenvalue weighted by atomic mass is 16.5. The second-order valence-electron chi connectivity index (χ2n) is 5.83. The summed E-state index contributed by atoms with van der Waals surface area (Å²) in [6, 6.07) is 4.68. The molecule has 0 aliphatic carbocycles. The Morgan fingerprint density at radius 2 is 2.24 bits per heavy atom. The normalized spacial score (nSPS) is 22.2. The van der Waals surface area contributed by atoms with Gasteiger partial charge in [-0.15, -0.1) is 0 Å². The van der Waals surface area contributed by atoms with E-state index in [1.165, 1.54) is 0 Å². The molecule has 0 radical (unpaired) electrons. The Balaban J connectivity index is 2.14. The Labute approximate surface area is 128 Å². The molecule has 1 saturated heterocycles. The van der Waals surface area contributed by atoms with Gasteiger partial charge in [-0.2, -0.15) is 0 Å². The maximum atomic E-state index is 5.48. The summed E-state index contributed by atoms with van der Waals surface area (Å²) in [4.78, 5) is 9.42. The van der Waals surface area contributed by atoms with Crippen LogP contribution in [0.5, 0.6) is 5.75 Å². The average Bonchev–Trinajstić information content (AvgIpc) is 2.50. The van der Waals surface area contributed by atoms with Crippen LogP contribution in [0.15, 0.2) is 18.3 Å². The number of piperazine rings is 1. The molecule has 5 heteroatoms. The number of nitrogens with one attached hydrogen (secondary N) is 1. The molecule has 0 spiro atoms. The zero-order valence-corrected chi connectivity index (χ0v) is 13.7. The second-order valence-corrected chi connectivity index (χ2v) is 5.83. The fourth-order valence-corrected chi connectivity index (χ4v) is 3.00. The fraction of sp³-hybridized carbons (Fsp3) is 0.688. The highest BCUT2D eigenvalue weighted by Crippen LogP contribution is 2.27. The van der Waals surface area contributed by atoms with Crippen LogP contribution in [0.25, 0.3) is 0 Å². The Hall–Kier alpha value is -1.17. The van der Waals surface area contributed by atoms with Gasteiger partial charge in [0.05, 0.1) is 18.8 Å². The zero-order chi connectivity index (χ0) is 15.2. The molecule has 2 heterocycles. The topological polar surface area (TPSA) is 40.6 Å². The van der Waals surface area contributed by atoms with Crippen molar-refractivity contribution in [2.24, 2.45) is 0 Å². The summed E-state index contributed by atoms with van der Waals surface area (Å²) in [6.07, 6.45) is 2.89. The van der Waals surface area contributed by atoms with Gasteiger partial charge in [-0.25, -0.2) is 0 Å². The van der Waals surface area contributed by atoms with E-state index in [1.54, 1.807) is 7.11 Å². The minimum atomic E-state index is 0.227. The van der Waals surface area contributed by atoms with Crippen LogP contribution in [-0.4, -0.2) is 68.2 Å². The highest BCUT2D eigenvalue weighted by molar-refractivity contribution is 5.29. The molecule has 118 valence electrons. The summed E-state index contributed by atoms with van der Waals surface area (Å²) in [5.41, 5.74) is 1.02. The molecule has 2 rings (SSSR count). The van der Waals surface area contributed by atoms with Crippen molar-refractivity contribution in [3.05, 3.63) is 24.0 Å². The summed E-state index contributed by atoms with van der Waals surface area (Å²) >= 11 is 0. The van der Waals surface area contributed by atoms with Gasteiger partial charge in [0.25, 0.3) is 0 Å². The lowest BCUT2D eigenvalue weighted by atomic mass is 10.00. The summed E-state index contributed by atoms with van der Waals surface area (Å²) in [7, 11) is 6.13. The van der Waals surface area contributed by atoms with Gasteiger partial charge in [0.15, 0.2) is 0 Å². The summed E-state index contributed by atoms with van der Waals surface area (Å²) in [5.74, 6) is 0.871. The summed E-state index contributed by atoms with van der Waals surface area (Å²) < 4.78 is 5.48. The molecule has 0 amide bonds. The van der Waals surface area contributed by atoms with E-state index in [0.29, 0.717) is 6.04 Å². The molecule has 1 aliphatic heterocycles. The lowest BCUT2D eigenvalue weighted by Crippen LogP contribution is -2.51. The first-order valence-corrected chi connectivity index (χ1v) is 7.76. The highest BCUT2D eigenvalue weighted by Gasteiger charge is 2.27. The van der Waals surface area contributed by atoms with Gasteiger partial charge in [0, 0.05) is 31.9 Å². The molecule has 5 nitrogen and oxygen atoms in total. The standard InChI is InChI=1S/C16H28N4O/c1-5-17-14(16-15(21-4)7-6-8-18-16)11-13-12-19(2)9-10-20(13)3/h6-8,13-14,17H,5,9-12H2,1-4H3. The Morgan fingerprint density at radius 1 is 1.43 bits per heavy atom. The Kier molecular flexibility index (Phi) is 5.96. The van der Waals surface area contributed by atoms with Crippen molar-refractivity contribution in [2.75, 3.05) is 47.4 Å². The van der Waals surface area contributed by atoms with Gasteiger partial charge in [-0.1, -0.05) is 6.92 Å². The minimum Gasteiger partial charge on any atom is -0.495 e. The largest absolute Gasteiger partial charge is 0.495 e. The van der Waals surface area contributed by atoms with E-state index < -0.39 is 0 Å². The molecule has 0 saturated carbocycles. The first-order chi connectivity index (χ1) is 10.2. The summed E-state index contributed by atoms with van der Waals surface area (Å²) in [6.45, 7) is 6.44. The van der Waals surface area contributed by atoms with Gasteiger partial charge < -0.3 is 19.9 Å². The van der Waals surface area contributed by atoms with Crippen molar-refractivity contribution >= 4 is 0 Å². The molecule has 0 aromatic carbocycles. The number of likely N-dealkylation sites (N-methyl/N-ethyl adjacent to an activating group) is 2. The SMILES string of the molecule is CCNC(CC1CN(C)CCN1C)c1ncccc1OC. The first-order valence-electron chi connectivity index (χ1n) is 7.76. The van der Waals surface area contributed by atoms with Crippen LogP contribution in [0.4, 0.5) is 0 Å². The zero-order valence-electron chi connectivity index (χ0n) is 13.7. The number of ether oxygens (including phenoxy) is 1.